The molecular formula is C36H68N2O. The van der Waals surface area contributed by atoms with E-state index >= 15 is 0 Å². The van der Waals surface area contributed by atoms with Crippen LogP contribution in [-0.2, 0) is 11.3 Å². The quantitative estimate of drug-likeness (QED) is 0.312. The topological polar surface area (TPSA) is 33.3 Å². The van der Waals surface area contributed by atoms with Crippen molar-refractivity contribution in [2.45, 2.75) is 129 Å². The molecule has 0 bridgehead atoms. The van der Waals surface area contributed by atoms with Gasteiger partial charge in [0.05, 0.1) is 12.7 Å². The fourth-order valence-electron chi connectivity index (χ4n) is 2.62. The smallest absolute Gasteiger partial charge is 0.0720 e. The lowest BCUT2D eigenvalue weighted by atomic mass is 10.1. The molecule has 3 nitrogen and oxygen atoms in total. The van der Waals surface area contributed by atoms with Crippen molar-refractivity contribution in [3.05, 3.63) is 90.8 Å². The molecule has 0 spiro atoms. The molecule has 0 amide bonds. The lowest BCUT2D eigenvalue weighted by molar-refractivity contribution is 0.0657. The zero-order valence-electron chi connectivity index (χ0n) is 27.4. The maximum absolute atomic E-state index is 5.43. The minimum Gasteiger partial charge on any atom is -0.387 e. The van der Waals surface area contributed by atoms with Crippen molar-refractivity contribution in [3.63, 3.8) is 0 Å². The SMILES string of the molecule is C.C=C(CC(C)C)Nc1ccccc1.C=C(CC)NC(C)C.CC.CC.CC.CC(C)OCc1ccccc1. The Hall–Kier alpha value is -2.52. The summed E-state index contributed by atoms with van der Waals surface area (Å²) in [6.45, 7) is 35.3. The predicted octanol–water partition coefficient (Wildman–Crippen LogP) is 11.9. The maximum Gasteiger partial charge on any atom is 0.0720 e. The molecule has 228 valence electrons. The number of hydrogen-bond acceptors (Lipinski definition) is 3. The highest BCUT2D eigenvalue weighted by Crippen LogP contribution is 2.13. The highest BCUT2D eigenvalue weighted by Gasteiger charge is 1.98. The third kappa shape index (κ3) is 37.7. The van der Waals surface area contributed by atoms with Gasteiger partial charge in [-0.15, -0.1) is 0 Å². The van der Waals surface area contributed by atoms with Crippen molar-refractivity contribution in [1.29, 1.82) is 0 Å². The third-order valence-corrected chi connectivity index (χ3v) is 4.10. The summed E-state index contributed by atoms with van der Waals surface area (Å²) in [5.74, 6) is 0.656. The first kappa shape index (κ1) is 46.3. The summed E-state index contributed by atoms with van der Waals surface area (Å²) in [6, 6.07) is 20.9. The van der Waals surface area contributed by atoms with Crippen LogP contribution in [-0.4, -0.2) is 12.1 Å². The molecule has 39 heavy (non-hydrogen) atoms. The minimum absolute atomic E-state index is 0. The Morgan fingerprint density at radius 1 is 0.718 bits per heavy atom. The van der Waals surface area contributed by atoms with Gasteiger partial charge in [-0.2, -0.15) is 0 Å². The van der Waals surface area contributed by atoms with E-state index < -0.39 is 0 Å². The van der Waals surface area contributed by atoms with Gasteiger partial charge in [0.1, 0.15) is 0 Å². The average Bonchev–Trinajstić information content (AvgIpc) is 2.92. The van der Waals surface area contributed by atoms with E-state index in [1.807, 2.05) is 104 Å². The molecule has 0 radical (unpaired) electrons. The molecule has 0 aliphatic rings. The second kappa shape index (κ2) is 35.5. The zero-order chi connectivity index (χ0) is 30.4. The van der Waals surface area contributed by atoms with Gasteiger partial charge < -0.3 is 15.4 Å². The Labute approximate surface area is 246 Å². The largest absolute Gasteiger partial charge is 0.387 e. The Bertz CT molecular complexity index is 722. The Kier molecular flexibility index (Phi) is 42.2. The van der Waals surface area contributed by atoms with Gasteiger partial charge in [-0.3, -0.25) is 0 Å². The lowest BCUT2D eigenvalue weighted by Crippen LogP contribution is -2.20. The summed E-state index contributed by atoms with van der Waals surface area (Å²) < 4.78 is 5.43. The molecule has 3 heteroatoms. The Morgan fingerprint density at radius 3 is 1.49 bits per heavy atom. The fourth-order valence-corrected chi connectivity index (χ4v) is 2.62. The molecule has 2 aromatic carbocycles. The predicted molar refractivity (Wildman–Crippen MR) is 184 cm³/mol. The van der Waals surface area contributed by atoms with Crippen molar-refractivity contribution in [2.75, 3.05) is 5.32 Å². The van der Waals surface area contributed by atoms with E-state index in [0.29, 0.717) is 18.1 Å². The summed E-state index contributed by atoms with van der Waals surface area (Å²) >= 11 is 0. The monoisotopic (exact) mass is 545 g/mol. The molecule has 0 heterocycles. The molecule has 0 fully saturated rings. The van der Waals surface area contributed by atoms with Crippen LogP contribution in [0, 0.1) is 5.92 Å². The molecule has 2 rings (SSSR count). The summed E-state index contributed by atoms with van der Waals surface area (Å²) in [5, 5.41) is 6.48. The van der Waals surface area contributed by atoms with Gasteiger partial charge in [0.2, 0.25) is 0 Å². The van der Waals surface area contributed by atoms with Crippen molar-refractivity contribution >= 4 is 5.69 Å². The summed E-state index contributed by atoms with van der Waals surface area (Å²) in [7, 11) is 0. The maximum atomic E-state index is 5.43. The third-order valence-electron chi connectivity index (χ3n) is 4.10. The van der Waals surface area contributed by atoms with Gasteiger partial charge in [0.15, 0.2) is 0 Å². The van der Waals surface area contributed by atoms with E-state index in [9.17, 15) is 0 Å². The second-order valence-corrected chi connectivity index (χ2v) is 8.79. The molecule has 0 atom stereocenters. The van der Waals surface area contributed by atoms with Gasteiger partial charge in [-0.05, 0) is 64.2 Å². The van der Waals surface area contributed by atoms with Crippen LogP contribution in [0.2, 0.25) is 0 Å². The van der Waals surface area contributed by atoms with Crippen molar-refractivity contribution in [1.82, 2.24) is 5.32 Å². The first-order valence-electron chi connectivity index (χ1n) is 14.7. The molecule has 0 unspecified atom stereocenters. The molecule has 2 N–H and O–H groups in total. The van der Waals surface area contributed by atoms with Crippen molar-refractivity contribution in [3.8, 4) is 0 Å². The van der Waals surface area contributed by atoms with Gasteiger partial charge in [0.25, 0.3) is 0 Å². The van der Waals surface area contributed by atoms with Crippen LogP contribution in [0.25, 0.3) is 0 Å². The molecule has 0 aliphatic heterocycles. The van der Waals surface area contributed by atoms with Crippen LogP contribution in [0.4, 0.5) is 5.69 Å². The lowest BCUT2D eigenvalue weighted by Gasteiger charge is -2.11. The fraction of sp³-hybridized carbons (Fsp3) is 0.556. The van der Waals surface area contributed by atoms with Crippen LogP contribution in [0.5, 0.6) is 0 Å². The number of hydrogen-bond donors (Lipinski definition) is 2. The number of benzene rings is 2. The normalized spacial score (nSPS) is 8.72. The minimum atomic E-state index is 0. The molecule has 2 aromatic rings. The van der Waals surface area contributed by atoms with Gasteiger partial charge in [-0.1, -0.05) is 131 Å². The zero-order valence-corrected chi connectivity index (χ0v) is 27.4. The standard InChI is InChI=1S/C12H17N.C10H14O.C7H15N.3C2H6.CH4/c1-10(2)9-11(3)13-12-7-5-4-6-8-12;1-9(2)11-8-10-6-4-3-5-7-10;1-5-7(4)8-6(2)3;3*1-2;/h4-8,10,13H,3,9H2,1-2H3;3-7,9H,8H2,1-2H3;6,8H,4-5H2,1-3H3;3*1-2H3;1H4. The summed E-state index contributed by atoms with van der Waals surface area (Å²) in [5.41, 5.74) is 4.57. The molecule has 0 aliphatic carbocycles. The van der Waals surface area contributed by atoms with Crippen LogP contribution in [0.1, 0.15) is 116 Å². The number of para-hydroxylation sites is 1. The van der Waals surface area contributed by atoms with E-state index in [2.05, 4.69) is 70.5 Å². The van der Waals surface area contributed by atoms with Gasteiger partial charge >= 0.3 is 0 Å². The number of allylic oxidation sites excluding steroid dienone is 2. The van der Waals surface area contributed by atoms with Gasteiger partial charge in [-0.25, -0.2) is 0 Å². The highest BCUT2D eigenvalue weighted by atomic mass is 16.5. The summed E-state index contributed by atoms with van der Waals surface area (Å²) in [6.07, 6.45) is 2.36. The first-order valence-corrected chi connectivity index (χ1v) is 14.7. The van der Waals surface area contributed by atoms with Gasteiger partial charge in [0, 0.05) is 23.1 Å². The van der Waals surface area contributed by atoms with E-state index in [1.165, 1.54) is 5.56 Å². The highest BCUT2D eigenvalue weighted by molar-refractivity contribution is 5.47. The van der Waals surface area contributed by atoms with E-state index in [0.717, 1.165) is 36.5 Å². The van der Waals surface area contributed by atoms with E-state index in [1.54, 1.807) is 0 Å². The number of anilines is 1. The molecular weight excluding hydrogens is 476 g/mol. The average molecular weight is 545 g/mol. The Morgan fingerprint density at radius 2 is 1.15 bits per heavy atom. The van der Waals surface area contributed by atoms with Crippen molar-refractivity contribution < 1.29 is 4.74 Å². The second-order valence-electron chi connectivity index (χ2n) is 8.79. The van der Waals surface area contributed by atoms with Crippen LogP contribution >= 0.6 is 0 Å². The molecule has 0 aromatic heterocycles. The van der Waals surface area contributed by atoms with Crippen LogP contribution < -0.4 is 10.6 Å². The molecule has 0 saturated carbocycles. The number of ether oxygens (including phenoxy) is 1. The number of rotatable bonds is 10. The Balaban J connectivity index is -0.000000136. The summed E-state index contributed by atoms with van der Waals surface area (Å²) in [4.78, 5) is 0. The van der Waals surface area contributed by atoms with E-state index in [-0.39, 0.29) is 7.43 Å². The molecule has 0 saturated heterocycles. The van der Waals surface area contributed by atoms with Crippen molar-refractivity contribution in [2.24, 2.45) is 5.92 Å². The van der Waals surface area contributed by atoms with Crippen LogP contribution in [0.3, 0.4) is 0 Å². The first-order chi connectivity index (χ1) is 18.1. The number of nitrogens with one attached hydrogen (secondary N) is 2. The van der Waals surface area contributed by atoms with Crippen LogP contribution in [0.15, 0.2) is 85.2 Å². The van der Waals surface area contributed by atoms with E-state index in [4.69, 9.17) is 4.74 Å².